The van der Waals surface area contributed by atoms with Crippen molar-refractivity contribution >= 4 is 28.9 Å². The third-order valence-corrected chi connectivity index (χ3v) is 7.22. The van der Waals surface area contributed by atoms with E-state index in [1.165, 1.54) is 11.8 Å². The molecule has 0 amide bonds. The largest absolute Gasteiger partial charge is 0.376 e. The molecule has 1 aliphatic rings. The van der Waals surface area contributed by atoms with Crippen LogP contribution in [0.2, 0.25) is 0 Å². The maximum absolute atomic E-state index is 13.0. The highest BCUT2D eigenvalue weighted by atomic mass is 32.2. The lowest BCUT2D eigenvalue weighted by molar-refractivity contribution is 0.0957. The molecule has 0 aromatic carbocycles. The molecule has 0 saturated carbocycles. The Morgan fingerprint density at radius 2 is 2.21 bits per heavy atom. The second-order valence-electron chi connectivity index (χ2n) is 7.27. The third kappa shape index (κ3) is 4.20. The number of hydrogen-bond donors (Lipinski definition) is 0. The second-order valence-corrected chi connectivity index (χ2v) is 9.16. The average molecular weight is 431 g/mol. The van der Waals surface area contributed by atoms with Gasteiger partial charge in [0.2, 0.25) is 0 Å². The first-order valence-electron chi connectivity index (χ1n) is 10.00. The molecule has 154 valence electrons. The molecule has 29 heavy (non-hydrogen) atoms. The summed E-state index contributed by atoms with van der Waals surface area (Å²) >= 11 is 3.11. The van der Waals surface area contributed by atoms with Crippen molar-refractivity contribution in [1.29, 1.82) is 0 Å². The molecule has 0 unspecified atom stereocenters. The fraction of sp³-hybridized carbons (Fsp3) is 0.476. The normalized spacial score (nSPS) is 16.6. The Bertz CT molecular complexity index is 985. The topological polar surface area (TPSA) is 61.9 Å². The van der Waals surface area contributed by atoms with Gasteiger partial charge >= 0.3 is 0 Å². The lowest BCUT2D eigenvalue weighted by Gasteiger charge is -2.14. The lowest BCUT2D eigenvalue weighted by Crippen LogP contribution is -2.17. The zero-order chi connectivity index (χ0) is 20.4. The number of Topliss-reactive ketones (excluding diaryl/α,β-unsaturated/α-hetero) is 1. The van der Waals surface area contributed by atoms with Gasteiger partial charge in [0, 0.05) is 36.6 Å². The van der Waals surface area contributed by atoms with Crippen LogP contribution in [-0.4, -0.2) is 43.6 Å². The molecule has 0 N–H and O–H groups in total. The third-order valence-electron chi connectivity index (χ3n) is 5.39. The van der Waals surface area contributed by atoms with Crippen molar-refractivity contribution in [3.05, 3.63) is 40.5 Å². The highest BCUT2D eigenvalue weighted by molar-refractivity contribution is 7.99. The van der Waals surface area contributed by atoms with Gasteiger partial charge in [0.15, 0.2) is 16.8 Å². The van der Waals surface area contributed by atoms with E-state index in [0.717, 1.165) is 65.3 Å². The predicted octanol–water partition coefficient (Wildman–Crippen LogP) is 4.60. The number of hydrogen-bond acceptors (Lipinski definition) is 6. The van der Waals surface area contributed by atoms with Crippen molar-refractivity contribution in [2.24, 2.45) is 0 Å². The van der Waals surface area contributed by atoms with E-state index >= 15 is 0 Å². The summed E-state index contributed by atoms with van der Waals surface area (Å²) in [5.74, 6) is 1.35. The van der Waals surface area contributed by atoms with E-state index in [9.17, 15) is 4.79 Å². The molecule has 6 nitrogen and oxygen atoms in total. The summed E-state index contributed by atoms with van der Waals surface area (Å²) < 4.78 is 10.1. The van der Waals surface area contributed by atoms with Gasteiger partial charge in [-0.15, -0.1) is 21.5 Å². The maximum Gasteiger partial charge on any atom is 0.191 e. The van der Waals surface area contributed by atoms with Gasteiger partial charge in [-0.25, -0.2) is 0 Å². The van der Waals surface area contributed by atoms with Crippen LogP contribution in [0.25, 0.3) is 10.7 Å². The molecule has 1 fully saturated rings. The van der Waals surface area contributed by atoms with E-state index in [1.807, 2.05) is 30.5 Å². The van der Waals surface area contributed by atoms with Gasteiger partial charge in [-0.1, -0.05) is 17.8 Å². The van der Waals surface area contributed by atoms with Crippen molar-refractivity contribution < 1.29 is 9.53 Å². The zero-order valence-corrected chi connectivity index (χ0v) is 18.7. The number of aryl methyl sites for hydroxylation is 1. The first-order chi connectivity index (χ1) is 14.1. The number of thioether (sulfide) groups is 1. The van der Waals surface area contributed by atoms with Crippen LogP contribution in [-0.2, 0) is 17.8 Å². The summed E-state index contributed by atoms with van der Waals surface area (Å²) in [6, 6.07) is 6.07. The summed E-state index contributed by atoms with van der Waals surface area (Å²) in [6.07, 6.45) is 2.48. The van der Waals surface area contributed by atoms with Gasteiger partial charge in [-0.05, 0) is 51.1 Å². The first-order valence-corrected chi connectivity index (χ1v) is 11.9. The summed E-state index contributed by atoms with van der Waals surface area (Å²) in [5, 5.41) is 11.5. The minimum Gasteiger partial charge on any atom is -0.376 e. The van der Waals surface area contributed by atoms with E-state index < -0.39 is 0 Å². The molecule has 1 aliphatic heterocycles. The van der Waals surface area contributed by atoms with E-state index in [2.05, 4.69) is 33.2 Å². The fourth-order valence-corrected chi connectivity index (χ4v) is 5.44. The Hall–Kier alpha value is -1.90. The summed E-state index contributed by atoms with van der Waals surface area (Å²) in [7, 11) is 0. The van der Waals surface area contributed by atoms with Crippen molar-refractivity contribution in [2.75, 3.05) is 12.4 Å². The van der Waals surface area contributed by atoms with Crippen LogP contribution in [0.1, 0.15) is 41.5 Å². The quantitative estimate of drug-likeness (QED) is 0.386. The number of carbonyl (C=O) groups is 1. The summed E-state index contributed by atoms with van der Waals surface area (Å²) in [4.78, 5) is 14.0. The molecule has 0 bridgehead atoms. The van der Waals surface area contributed by atoms with Crippen LogP contribution >= 0.6 is 23.1 Å². The molecule has 8 heteroatoms. The number of aromatic nitrogens is 4. The Kier molecular flexibility index (Phi) is 6.22. The fourth-order valence-electron chi connectivity index (χ4n) is 3.83. The lowest BCUT2D eigenvalue weighted by atomic mass is 10.2. The highest BCUT2D eigenvalue weighted by Crippen LogP contribution is 2.28. The van der Waals surface area contributed by atoms with Crippen LogP contribution in [0.15, 0.2) is 28.7 Å². The minimum absolute atomic E-state index is 0.130. The van der Waals surface area contributed by atoms with Crippen LogP contribution in [0.4, 0.5) is 0 Å². The summed E-state index contributed by atoms with van der Waals surface area (Å²) in [6.45, 7) is 8.61. The Balaban J connectivity index is 1.46. The Morgan fingerprint density at radius 1 is 1.34 bits per heavy atom. The van der Waals surface area contributed by atoms with Crippen LogP contribution in [0, 0.1) is 13.8 Å². The van der Waals surface area contributed by atoms with Crippen molar-refractivity contribution in [3.8, 4) is 10.7 Å². The Labute approximate surface area is 179 Å². The number of nitrogens with zero attached hydrogens (tertiary/aromatic N) is 4. The maximum atomic E-state index is 13.0. The predicted molar refractivity (Wildman–Crippen MR) is 117 cm³/mol. The van der Waals surface area contributed by atoms with E-state index in [4.69, 9.17) is 4.74 Å². The van der Waals surface area contributed by atoms with E-state index in [1.54, 1.807) is 11.3 Å². The average Bonchev–Trinajstić information content (AvgIpc) is 3.50. The summed E-state index contributed by atoms with van der Waals surface area (Å²) in [5.41, 5.74) is 2.94. The molecule has 1 atom stereocenters. The minimum atomic E-state index is 0.130. The van der Waals surface area contributed by atoms with Crippen LogP contribution in [0.3, 0.4) is 0 Å². The molecule has 4 rings (SSSR count). The molecule has 0 radical (unpaired) electrons. The van der Waals surface area contributed by atoms with Gasteiger partial charge in [0.1, 0.15) is 0 Å². The molecule has 1 saturated heterocycles. The monoisotopic (exact) mass is 430 g/mol. The zero-order valence-electron chi connectivity index (χ0n) is 17.1. The van der Waals surface area contributed by atoms with E-state index in [-0.39, 0.29) is 11.9 Å². The van der Waals surface area contributed by atoms with Gasteiger partial charge in [0.25, 0.3) is 0 Å². The molecule has 4 heterocycles. The van der Waals surface area contributed by atoms with Crippen LogP contribution < -0.4 is 0 Å². The molecule has 0 aliphatic carbocycles. The molecule has 0 spiro atoms. The first kappa shape index (κ1) is 20.4. The smallest absolute Gasteiger partial charge is 0.191 e. The van der Waals surface area contributed by atoms with Gasteiger partial charge in [0.05, 0.1) is 16.7 Å². The van der Waals surface area contributed by atoms with Gasteiger partial charge in [-0.2, -0.15) is 0 Å². The second kappa shape index (κ2) is 8.85. The standard InChI is InChI=1S/C21H26N4O2S2/c1-4-24-20(19-8-6-10-28-19)22-23-21(24)29-13-18(26)17-11-14(2)25(15(17)3)12-16-7-5-9-27-16/h6,8,10-11,16H,4-5,7,9,12-13H2,1-3H3/t16-/m1/s1. The number of rotatable bonds is 8. The van der Waals surface area contributed by atoms with Gasteiger partial charge < -0.3 is 13.9 Å². The number of ether oxygens (including phenoxy) is 1. The molecule has 3 aromatic heterocycles. The molecule has 3 aromatic rings. The van der Waals surface area contributed by atoms with Crippen molar-refractivity contribution in [1.82, 2.24) is 19.3 Å². The molecular formula is C21H26N4O2S2. The van der Waals surface area contributed by atoms with E-state index in [0.29, 0.717) is 5.75 Å². The number of carbonyl (C=O) groups excluding carboxylic acids is 1. The highest BCUT2D eigenvalue weighted by Gasteiger charge is 2.22. The SMILES string of the molecule is CCn1c(SCC(=O)c2cc(C)n(C[C@H]3CCCO3)c2C)nnc1-c1cccs1. The van der Waals surface area contributed by atoms with Crippen molar-refractivity contribution in [2.45, 2.75) is 58.0 Å². The molecular weight excluding hydrogens is 404 g/mol. The Morgan fingerprint density at radius 3 is 2.90 bits per heavy atom. The van der Waals surface area contributed by atoms with Crippen LogP contribution in [0.5, 0.6) is 0 Å². The number of ketones is 1. The van der Waals surface area contributed by atoms with Gasteiger partial charge in [-0.3, -0.25) is 4.79 Å². The van der Waals surface area contributed by atoms with Crippen molar-refractivity contribution in [3.63, 3.8) is 0 Å². The number of thiophene rings is 1.